The van der Waals surface area contributed by atoms with E-state index in [0.717, 1.165) is 0 Å². The van der Waals surface area contributed by atoms with Crippen molar-refractivity contribution in [3.63, 3.8) is 0 Å². The third kappa shape index (κ3) is 6.06. The van der Waals surface area contributed by atoms with Crippen molar-refractivity contribution in [3.05, 3.63) is 47.7 Å². The standard InChI is InChI=1S/C19H25N9O2/c1-11(2)5-12-8-25-17(27-13-6-23-10-24-7-13)16(26-12)19(30)28-14(9-21-3)15(20)18(29)22-4/h6-11H,5,20H2,1-4H3,(H,22,29)(H,25,27)(H,28,30). The Hall–Kier alpha value is -3.89. The predicted molar refractivity (Wildman–Crippen MR) is 113 cm³/mol. The number of allylic oxidation sites excluding steroid dienone is 1. The van der Waals surface area contributed by atoms with Gasteiger partial charge in [0, 0.05) is 20.3 Å². The number of hydrogen-bond donors (Lipinski definition) is 4. The second-order valence-electron chi connectivity index (χ2n) is 6.66. The van der Waals surface area contributed by atoms with Crippen LogP contribution in [0.25, 0.3) is 0 Å². The molecule has 0 unspecified atom stereocenters. The normalized spacial score (nSPS) is 11.9. The van der Waals surface area contributed by atoms with Crippen LogP contribution < -0.4 is 21.7 Å². The molecule has 0 fully saturated rings. The summed E-state index contributed by atoms with van der Waals surface area (Å²) < 4.78 is 0. The van der Waals surface area contributed by atoms with Gasteiger partial charge in [-0.25, -0.2) is 19.9 Å². The number of rotatable bonds is 8. The van der Waals surface area contributed by atoms with Crippen LogP contribution in [0.5, 0.6) is 0 Å². The Morgan fingerprint density at radius 1 is 1.23 bits per heavy atom. The second-order valence-corrected chi connectivity index (χ2v) is 6.66. The van der Waals surface area contributed by atoms with E-state index in [9.17, 15) is 9.59 Å². The van der Waals surface area contributed by atoms with Crippen molar-refractivity contribution in [2.24, 2.45) is 16.6 Å². The van der Waals surface area contributed by atoms with Crippen molar-refractivity contribution >= 4 is 29.5 Å². The summed E-state index contributed by atoms with van der Waals surface area (Å²) in [5, 5.41) is 7.97. The fraction of sp³-hybridized carbons (Fsp3) is 0.316. The monoisotopic (exact) mass is 411 g/mol. The molecule has 0 aromatic carbocycles. The zero-order valence-corrected chi connectivity index (χ0v) is 17.3. The predicted octanol–water partition coefficient (Wildman–Crippen LogP) is 0.555. The zero-order chi connectivity index (χ0) is 22.1. The maximum atomic E-state index is 13.0. The van der Waals surface area contributed by atoms with Gasteiger partial charge in [0.2, 0.25) is 0 Å². The second kappa shape index (κ2) is 10.6. The molecule has 0 radical (unpaired) electrons. The summed E-state index contributed by atoms with van der Waals surface area (Å²) in [6.07, 6.45) is 7.99. The number of carbonyl (C=O) groups is 2. The van der Waals surface area contributed by atoms with Gasteiger partial charge in [0.1, 0.15) is 12.0 Å². The third-order valence-corrected chi connectivity index (χ3v) is 3.75. The number of hydrogen-bond acceptors (Lipinski definition) is 9. The minimum absolute atomic E-state index is 0.0312. The largest absolute Gasteiger partial charge is 0.393 e. The van der Waals surface area contributed by atoms with Crippen LogP contribution in [0.3, 0.4) is 0 Å². The van der Waals surface area contributed by atoms with E-state index in [0.29, 0.717) is 23.7 Å². The summed E-state index contributed by atoms with van der Waals surface area (Å²) in [5.74, 6) is -0.622. The van der Waals surface area contributed by atoms with Gasteiger partial charge < -0.3 is 21.7 Å². The highest BCUT2D eigenvalue weighted by Gasteiger charge is 2.20. The number of carbonyl (C=O) groups excluding carboxylic acids is 2. The van der Waals surface area contributed by atoms with Crippen LogP contribution in [0.15, 0.2) is 41.3 Å². The van der Waals surface area contributed by atoms with Crippen LogP contribution >= 0.6 is 0 Å². The highest BCUT2D eigenvalue weighted by atomic mass is 16.2. The smallest absolute Gasteiger partial charge is 0.278 e. The van der Waals surface area contributed by atoms with Gasteiger partial charge in [-0.15, -0.1) is 0 Å². The molecule has 0 saturated carbocycles. The van der Waals surface area contributed by atoms with Crippen LogP contribution in [-0.2, 0) is 11.2 Å². The fourth-order valence-corrected chi connectivity index (χ4v) is 2.43. The lowest BCUT2D eigenvalue weighted by molar-refractivity contribution is -0.117. The molecule has 0 aliphatic heterocycles. The van der Waals surface area contributed by atoms with Crippen molar-refractivity contribution in [1.82, 2.24) is 30.6 Å². The first kappa shape index (κ1) is 22.4. The van der Waals surface area contributed by atoms with Crippen molar-refractivity contribution in [1.29, 1.82) is 0 Å². The molecule has 0 bridgehead atoms. The molecule has 2 aromatic heterocycles. The Bertz CT molecular complexity index is 956. The quantitative estimate of drug-likeness (QED) is 0.362. The maximum Gasteiger partial charge on any atom is 0.278 e. The van der Waals surface area contributed by atoms with E-state index < -0.39 is 11.8 Å². The summed E-state index contributed by atoms with van der Waals surface area (Å²) in [4.78, 5) is 45.4. The van der Waals surface area contributed by atoms with Crippen LogP contribution in [0.4, 0.5) is 11.5 Å². The SMILES string of the molecule is CN=CC(NC(=O)c1nc(CC(C)C)cnc1Nc1cncnc1)=C(N)C(=O)NC. The Morgan fingerprint density at radius 2 is 1.93 bits per heavy atom. The van der Waals surface area contributed by atoms with Gasteiger partial charge in [-0.1, -0.05) is 13.8 Å². The Balaban J connectivity index is 2.44. The van der Waals surface area contributed by atoms with Crippen LogP contribution in [0, 0.1) is 5.92 Å². The van der Waals surface area contributed by atoms with E-state index in [1.54, 1.807) is 6.20 Å². The number of likely N-dealkylation sites (N-methyl/N-ethyl adjacent to an activating group) is 1. The lowest BCUT2D eigenvalue weighted by atomic mass is 10.1. The molecule has 158 valence electrons. The lowest BCUT2D eigenvalue weighted by Crippen LogP contribution is -2.34. The number of anilines is 2. The molecule has 30 heavy (non-hydrogen) atoms. The number of aliphatic imine (C=N–C) groups is 1. The molecule has 0 spiro atoms. The zero-order valence-electron chi connectivity index (χ0n) is 17.3. The lowest BCUT2D eigenvalue weighted by Gasteiger charge is -2.14. The number of aromatic nitrogens is 4. The van der Waals surface area contributed by atoms with Crippen molar-refractivity contribution in [2.45, 2.75) is 20.3 Å². The van der Waals surface area contributed by atoms with E-state index in [1.165, 1.54) is 39.0 Å². The molecule has 0 aliphatic rings. The van der Waals surface area contributed by atoms with E-state index in [4.69, 9.17) is 5.73 Å². The van der Waals surface area contributed by atoms with Crippen molar-refractivity contribution in [3.8, 4) is 0 Å². The highest BCUT2D eigenvalue weighted by Crippen LogP contribution is 2.18. The topological polar surface area (TPSA) is 160 Å². The van der Waals surface area contributed by atoms with Gasteiger partial charge in [0.15, 0.2) is 11.5 Å². The van der Waals surface area contributed by atoms with Crippen LogP contribution in [0.1, 0.15) is 30.0 Å². The highest BCUT2D eigenvalue weighted by molar-refractivity contribution is 6.05. The van der Waals surface area contributed by atoms with E-state index in [-0.39, 0.29) is 22.9 Å². The van der Waals surface area contributed by atoms with E-state index in [1.807, 2.05) is 13.8 Å². The fourth-order valence-electron chi connectivity index (χ4n) is 2.43. The van der Waals surface area contributed by atoms with Crippen molar-refractivity contribution in [2.75, 3.05) is 19.4 Å². The van der Waals surface area contributed by atoms with Gasteiger partial charge in [-0.2, -0.15) is 0 Å². The van der Waals surface area contributed by atoms with E-state index in [2.05, 4.69) is 40.9 Å². The van der Waals surface area contributed by atoms with E-state index >= 15 is 0 Å². The van der Waals surface area contributed by atoms with Crippen LogP contribution in [0.2, 0.25) is 0 Å². The third-order valence-electron chi connectivity index (χ3n) is 3.75. The van der Waals surface area contributed by atoms with Gasteiger partial charge in [0.25, 0.3) is 11.8 Å². The first-order chi connectivity index (χ1) is 14.3. The molecule has 2 amide bonds. The summed E-state index contributed by atoms with van der Waals surface area (Å²) in [7, 11) is 2.93. The number of nitrogens with zero attached hydrogens (tertiary/aromatic N) is 5. The summed E-state index contributed by atoms with van der Waals surface area (Å²) in [5.41, 5.74) is 6.92. The first-order valence-electron chi connectivity index (χ1n) is 9.19. The van der Waals surface area contributed by atoms with Gasteiger partial charge >= 0.3 is 0 Å². The molecule has 0 atom stereocenters. The Morgan fingerprint density at radius 3 is 2.53 bits per heavy atom. The first-order valence-corrected chi connectivity index (χ1v) is 9.19. The molecular formula is C19H25N9O2. The van der Waals surface area contributed by atoms with Crippen LogP contribution in [-0.4, -0.2) is 52.1 Å². The average molecular weight is 411 g/mol. The molecule has 2 aromatic rings. The number of nitrogens with two attached hydrogens (primary N) is 1. The van der Waals surface area contributed by atoms with Gasteiger partial charge in [-0.05, 0) is 12.3 Å². The van der Waals surface area contributed by atoms with Gasteiger partial charge in [0.05, 0.1) is 35.7 Å². The molecule has 2 heterocycles. The number of nitrogens with one attached hydrogen (secondary N) is 3. The molecule has 0 aliphatic carbocycles. The maximum absolute atomic E-state index is 13.0. The van der Waals surface area contributed by atoms with Gasteiger partial charge in [-0.3, -0.25) is 14.6 Å². The molecule has 11 nitrogen and oxygen atoms in total. The molecule has 0 saturated heterocycles. The Labute approximate surface area is 174 Å². The minimum Gasteiger partial charge on any atom is -0.393 e. The Kier molecular flexibility index (Phi) is 7.91. The molecule has 11 heteroatoms. The summed E-state index contributed by atoms with van der Waals surface area (Å²) in [6.45, 7) is 4.08. The summed E-state index contributed by atoms with van der Waals surface area (Å²) in [6, 6.07) is 0. The minimum atomic E-state index is -0.603. The molecule has 2 rings (SSSR count). The van der Waals surface area contributed by atoms with Crippen molar-refractivity contribution < 1.29 is 9.59 Å². The summed E-state index contributed by atoms with van der Waals surface area (Å²) >= 11 is 0. The average Bonchev–Trinajstić information content (AvgIpc) is 2.73. The molecular weight excluding hydrogens is 386 g/mol. The molecule has 5 N–H and O–H groups in total. The number of amides is 2.